The van der Waals surface area contributed by atoms with Crippen LogP contribution in [0.1, 0.15) is 22.8 Å². The first-order valence-corrected chi connectivity index (χ1v) is 5.39. The smallest absolute Gasteiger partial charge is 0.144 e. The number of nitrogens with one attached hydrogen (secondary N) is 1. The molecule has 0 aliphatic heterocycles. The lowest BCUT2D eigenvalue weighted by molar-refractivity contribution is 0.461. The maximum absolute atomic E-state index is 8.88. The van der Waals surface area contributed by atoms with Crippen LogP contribution in [0.25, 0.3) is 0 Å². The molecule has 86 valence electrons. The Morgan fingerprint density at radius 3 is 2.94 bits per heavy atom. The number of hydrogen-bond acceptors (Lipinski definition) is 4. The number of nitrogens with zero attached hydrogens (tertiary/aromatic N) is 2. The third-order valence-electron chi connectivity index (χ3n) is 2.41. The van der Waals surface area contributed by atoms with Gasteiger partial charge in [0.1, 0.15) is 23.3 Å². The zero-order valence-corrected chi connectivity index (χ0v) is 9.60. The van der Waals surface area contributed by atoms with Gasteiger partial charge in [0.05, 0.1) is 6.54 Å². The normalized spacial score (nSPS) is 10.1. The first-order chi connectivity index (χ1) is 8.29. The van der Waals surface area contributed by atoms with Crippen molar-refractivity contribution in [2.75, 3.05) is 0 Å². The maximum Gasteiger partial charge on any atom is 0.144 e. The fourth-order valence-electron chi connectivity index (χ4n) is 1.58. The Bertz CT molecular complexity index is 540. The third-order valence-corrected chi connectivity index (χ3v) is 2.41. The van der Waals surface area contributed by atoms with E-state index >= 15 is 0 Å². The van der Waals surface area contributed by atoms with Crippen molar-refractivity contribution in [1.82, 2.24) is 10.3 Å². The van der Waals surface area contributed by atoms with E-state index in [-0.39, 0.29) is 0 Å². The lowest BCUT2D eigenvalue weighted by Crippen LogP contribution is -2.13. The number of aromatic nitrogens is 1. The summed E-state index contributed by atoms with van der Waals surface area (Å²) in [5.41, 5.74) is 1.37. The van der Waals surface area contributed by atoms with Gasteiger partial charge in [-0.1, -0.05) is 6.07 Å². The molecule has 4 heteroatoms. The molecule has 0 radical (unpaired) electrons. The molecule has 0 aromatic carbocycles. The Labute approximate surface area is 99.9 Å². The van der Waals surface area contributed by atoms with Crippen molar-refractivity contribution in [3.05, 3.63) is 53.2 Å². The Balaban J connectivity index is 1.92. The Kier molecular flexibility index (Phi) is 3.53. The third kappa shape index (κ3) is 2.92. The van der Waals surface area contributed by atoms with Crippen LogP contribution in [0.3, 0.4) is 0 Å². The Morgan fingerprint density at radius 1 is 1.35 bits per heavy atom. The van der Waals surface area contributed by atoms with Crippen LogP contribution in [0.15, 0.2) is 34.9 Å². The first kappa shape index (κ1) is 11.4. The fraction of sp³-hybridized carbons (Fsp3) is 0.231. The highest BCUT2D eigenvalue weighted by Crippen LogP contribution is 2.07. The summed E-state index contributed by atoms with van der Waals surface area (Å²) in [5.74, 6) is 1.80. The topological polar surface area (TPSA) is 61.9 Å². The minimum Gasteiger partial charge on any atom is -0.465 e. The minimum atomic E-state index is 0.468. The van der Waals surface area contributed by atoms with E-state index < -0.39 is 0 Å². The van der Waals surface area contributed by atoms with E-state index in [2.05, 4.69) is 16.4 Å². The molecular formula is C13H13N3O. The van der Waals surface area contributed by atoms with Crippen LogP contribution < -0.4 is 5.32 Å². The molecule has 0 bridgehead atoms. The first-order valence-electron chi connectivity index (χ1n) is 5.39. The van der Waals surface area contributed by atoms with E-state index in [9.17, 15) is 0 Å². The average Bonchev–Trinajstić information content (AvgIpc) is 2.76. The SMILES string of the molecule is Cc1ccc(CNCc2cccnc2C#N)o1. The van der Waals surface area contributed by atoms with Crippen LogP contribution >= 0.6 is 0 Å². The lowest BCUT2D eigenvalue weighted by Gasteiger charge is -2.03. The van der Waals surface area contributed by atoms with Gasteiger partial charge >= 0.3 is 0 Å². The summed E-state index contributed by atoms with van der Waals surface area (Å²) in [5, 5.41) is 12.1. The number of pyridine rings is 1. The predicted octanol–water partition coefficient (Wildman–Crippen LogP) is 2.14. The van der Waals surface area contributed by atoms with E-state index in [0.29, 0.717) is 18.8 Å². The molecule has 0 atom stereocenters. The average molecular weight is 227 g/mol. The molecule has 0 spiro atoms. The van der Waals surface area contributed by atoms with Gasteiger partial charge in [-0.3, -0.25) is 0 Å². The van der Waals surface area contributed by atoms with Gasteiger partial charge in [-0.2, -0.15) is 5.26 Å². The summed E-state index contributed by atoms with van der Waals surface area (Å²) in [6.45, 7) is 3.17. The second-order valence-electron chi connectivity index (χ2n) is 3.74. The van der Waals surface area contributed by atoms with Gasteiger partial charge < -0.3 is 9.73 Å². The van der Waals surface area contributed by atoms with E-state index in [0.717, 1.165) is 17.1 Å². The van der Waals surface area contributed by atoms with E-state index in [1.165, 1.54) is 0 Å². The number of hydrogen-bond donors (Lipinski definition) is 1. The second-order valence-corrected chi connectivity index (χ2v) is 3.74. The van der Waals surface area contributed by atoms with Crippen LogP contribution in [-0.2, 0) is 13.1 Å². The van der Waals surface area contributed by atoms with Gasteiger partial charge in [0.25, 0.3) is 0 Å². The molecule has 1 N–H and O–H groups in total. The quantitative estimate of drug-likeness (QED) is 0.869. The zero-order valence-electron chi connectivity index (χ0n) is 9.60. The Hall–Kier alpha value is -2.12. The van der Waals surface area contributed by atoms with Gasteiger partial charge in [0, 0.05) is 18.3 Å². The summed E-state index contributed by atoms with van der Waals surface area (Å²) in [6.07, 6.45) is 1.62. The zero-order chi connectivity index (χ0) is 12.1. The molecule has 2 aromatic heterocycles. The number of aryl methyl sites for hydroxylation is 1. The van der Waals surface area contributed by atoms with Crippen molar-refractivity contribution in [2.45, 2.75) is 20.0 Å². The molecule has 0 saturated heterocycles. The van der Waals surface area contributed by atoms with E-state index in [4.69, 9.17) is 9.68 Å². The van der Waals surface area contributed by atoms with E-state index in [1.807, 2.05) is 31.2 Å². The van der Waals surface area contributed by atoms with Gasteiger partial charge in [-0.25, -0.2) is 4.98 Å². The van der Waals surface area contributed by atoms with Gasteiger partial charge in [0.2, 0.25) is 0 Å². The van der Waals surface area contributed by atoms with Gasteiger partial charge in [0.15, 0.2) is 0 Å². The summed E-state index contributed by atoms with van der Waals surface area (Å²) in [4.78, 5) is 4.00. The number of rotatable bonds is 4. The van der Waals surface area contributed by atoms with Crippen LogP contribution in [0.2, 0.25) is 0 Å². The maximum atomic E-state index is 8.88. The van der Waals surface area contributed by atoms with Crippen LogP contribution in [0.5, 0.6) is 0 Å². The molecule has 4 nitrogen and oxygen atoms in total. The van der Waals surface area contributed by atoms with Crippen LogP contribution in [0, 0.1) is 18.3 Å². The van der Waals surface area contributed by atoms with Gasteiger partial charge in [-0.15, -0.1) is 0 Å². The molecule has 0 aliphatic rings. The van der Waals surface area contributed by atoms with Crippen molar-refractivity contribution in [3.63, 3.8) is 0 Å². The predicted molar refractivity (Wildman–Crippen MR) is 62.9 cm³/mol. The monoisotopic (exact) mass is 227 g/mol. The van der Waals surface area contributed by atoms with E-state index in [1.54, 1.807) is 6.20 Å². The fourth-order valence-corrected chi connectivity index (χ4v) is 1.58. The second kappa shape index (κ2) is 5.28. The molecule has 0 aliphatic carbocycles. The number of nitriles is 1. The van der Waals surface area contributed by atoms with Crippen molar-refractivity contribution in [2.24, 2.45) is 0 Å². The highest BCUT2D eigenvalue weighted by molar-refractivity contribution is 5.30. The van der Waals surface area contributed by atoms with Crippen molar-refractivity contribution >= 4 is 0 Å². The van der Waals surface area contributed by atoms with Crippen molar-refractivity contribution in [1.29, 1.82) is 5.26 Å². The lowest BCUT2D eigenvalue weighted by atomic mass is 10.2. The highest BCUT2D eigenvalue weighted by atomic mass is 16.3. The molecule has 0 amide bonds. The van der Waals surface area contributed by atoms with Crippen LogP contribution in [-0.4, -0.2) is 4.98 Å². The van der Waals surface area contributed by atoms with Crippen molar-refractivity contribution < 1.29 is 4.42 Å². The molecule has 0 unspecified atom stereocenters. The summed E-state index contributed by atoms with van der Waals surface area (Å²) >= 11 is 0. The molecule has 2 aromatic rings. The summed E-state index contributed by atoms with van der Waals surface area (Å²) in [6, 6.07) is 9.67. The molecule has 0 saturated carbocycles. The molecule has 17 heavy (non-hydrogen) atoms. The molecule has 2 rings (SSSR count). The number of furan rings is 1. The van der Waals surface area contributed by atoms with Gasteiger partial charge in [-0.05, 0) is 25.1 Å². The van der Waals surface area contributed by atoms with Crippen LogP contribution in [0.4, 0.5) is 0 Å². The standard InChI is InChI=1S/C13H13N3O/c1-10-4-5-12(17-10)9-15-8-11-3-2-6-16-13(11)7-14/h2-6,15H,8-9H2,1H3. The largest absolute Gasteiger partial charge is 0.465 e. The summed E-state index contributed by atoms with van der Waals surface area (Å²) in [7, 11) is 0. The van der Waals surface area contributed by atoms with Crippen molar-refractivity contribution in [3.8, 4) is 6.07 Å². The molecule has 0 fully saturated rings. The summed E-state index contributed by atoms with van der Waals surface area (Å²) < 4.78 is 5.43. The Morgan fingerprint density at radius 2 is 2.24 bits per heavy atom. The highest BCUT2D eigenvalue weighted by Gasteiger charge is 2.02. The molecular weight excluding hydrogens is 214 g/mol. The minimum absolute atomic E-state index is 0.468. The molecule has 2 heterocycles.